The predicted molar refractivity (Wildman–Crippen MR) is 200 cm³/mol. The standard InChI is InChI=1S/C40H24O6S4/c1-39(2)25-15-17(13-23-27(41)19-9-5-6-10-20(19)28(23)42)47-33(25)35-31(45-39)37-38(49-35)32-36(50-37)34-26(40(3,4)46-32)16-18(48-34)14-24-29(43)21-11-7-8-12-22(21)30(24)44/h5-16H,1-4H3. The SMILES string of the molecule is CC1(C)Oc2c(sc3c4c(sc23)-c2sc(C=C3C(=O)c5ccccc5C3=O)cc2C(C)(C)O4)-c2sc(C=C3C(=O)c4ccccc4C3=O)cc21. The van der Waals surface area contributed by atoms with Crippen molar-refractivity contribution in [3.63, 3.8) is 0 Å². The summed E-state index contributed by atoms with van der Waals surface area (Å²) >= 11 is 6.39. The molecule has 6 nitrogen and oxygen atoms in total. The Morgan fingerprint density at radius 3 is 1.18 bits per heavy atom. The third kappa shape index (κ3) is 3.98. The lowest BCUT2D eigenvalue weighted by molar-refractivity contribution is 0.0975. The average Bonchev–Trinajstić information content (AvgIpc) is 3.92. The van der Waals surface area contributed by atoms with Crippen LogP contribution in [-0.4, -0.2) is 23.1 Å². The van der Waals surface area contributed by atoms with E-state index < -0.39 is 11.2 Å². The third-order valence-electron chi connectivity index (χ3n) is 9.75. The number of hydrogen-bond donors (Lipinski definition) is 0. The fourth-order valence-corrected chi connectivity index (χ4v) is 12.7. The molecule has 0 saturated carbocycles. The summed E-state index contributed by atoms with van der Waals surface area (Å²) in [6, 6.07) is 18.0. The summed E-state index contributed by atoms with van der Waals surface area (Å²) < 4.78 is 15.6. The molecule has 0 radical (unpaired) electrons. The van der Waals surface area contributed by atoms with E-state index in [-0.39, 0.29) is 34.3 Å². The number of benzene rings is 2. The Morgan fingerprint density at radius 2 is 0.840 bits per heavy atom. The highest BCUT2D eigenvalue weighted by molar-refractivity contribution is 7.35. The first-order valence-corrected chi connectivity index (χ1v) is 19.2. The molecule has 2 aliphatic heterocycles. The van der Waals surface area contributed by atoms with Crippen LogP contribution < -0.4 is 9.47 Å². The lowest BCUT2D eigenvalue weighted by Gasteiger charge is -2.31. The van der Waals surface area contributed by atoms with Crippen molar-refractivity contribution in [1.82, 2.24) is 0 Å². The summed E-state index contributed by atoms with van der Waals surface area (Å²) in [4.78, 5) is 58.4. The number of carbonyl (C=O) groups is 4. The lowest BCUT2D eigenvalue weighted by atomic mass is 9.94. The van der Waals surface area contributed by atoms with Gasteiger partial charge in [-0.15, -0.1) is 45.3 Å². The summed E-state index contributed by atoms with van der Waals surface area (Å²) in [5.41, 5.74) is 2.88. The molecule has 0 amide bonds. The smallest absolute Gasteiger partial charge is 0.197 e. The topological polar surface area (TPSA) is 86.7 Å². The molecule has 2 aliphatic carbocycles. The van der Waals surface area contributed by atoms with E-state index in [1.165, 1.54) is 0 Å². The van der Waals surface area contributed by atoms with Gasteiger partial charge in [-0.25, -0.2) is 0 Å². The minimum atomic E-state index is -0.660. The van der Waals surface area contributed by atoms with E-state index in [0.29, 0.717) is 22.3 Å². The Balaban J connectivity index is 1.07. The number of rotatable bonds is 2. The number of ketones is 4. The zero-order valence-corrected chi connectivity index (χ0v) is 30.3. The molecule has 0 bridgehead atoms. The molecule has 4 aliphatic rings. The van der Waals surface area contributed by atoms with Crippen molar-refractivity contribution in [2.45, 2.75) is 38.9 Å². The average molecular weight is 729 g/mol. The van der Waals surface area contributed by atoms with Gasteiger partial charge in [0.1, 0.15) is 11.2 Å². The maximum atomic E-state index is 13.2. The maximum absolute atomic E-state index is 13.2. The Labute approximate surface area is 301 Å². The Morgan fingerprint density at radius 1 is 0.500 bits per heavy atom. The molecule has 50 heavy (non-hydrogen) atoms. The molecular formula is C40H24O6S4. The second kappa shape index (κ2) is 9.95. The van der Waals surface area contributed by atoms with E-state index in [1.807, 2.05) is 39.8 Å². The van der Waals surface area contributed by atoms with Crippen molar-refractivity contribution in [3.8, 4) is 31.0 Å². The highest BCUT2D eigenvalue weighted by atomic mass is 32.1. The third-order valence-corrected chi connectivity index (χ3v) is 14.7. The van der Waals surface area contributed by atoms with Crippen LogP contribution in [0.3, 0.4) is 0 Å². The zero-order valence-electron chi connectivity index (χ0n) is 27.0. The van der Waals surface area contributed by atoms with E-state index in [2.05, 4.69) is 0 Å². The van der Waals surface area contributed by atoms with Crippen molar-refractivity contribution < 1.29 is 28.7 Å². The quantitative estimate of drug-likeness (QED) is 0.130. The number of ether oxygens (including phenoxy) is 2. The number of hydrogen-bond acceptors (Lipinski definition) is 10. The number of carbonyl (C=O) groups excluding carboxylic acids is 4. The molecule has 0 saturated heterocycles. The Kier molecular flexibility index (Phi) is 5.99. The second-order valence-corrected chi connectivity index (χ2v) is 17.9. The lowest BCUT2D eigenvalue weighted by Crippen LogP contribution is -2.27. The molecular weight excluding hydrogens is 705 g/mol. The van der Waals surface area contributed by atoms with Crippen molar-refractivity contribution >= 4 is 90.0 Å². The molecule has 0 fully saturated rings. The minimum absolute atomic E-state index is 0.188. The molecule has 10 heteroatoms. The van der Waals surface area contributed by atoms with Crippen LogP contribution in [0.4, 0.5) is 0 Å². The van der Waals surface area contributed by atoms with Crippen LogP contribution >= 0.6 is 45.3 Å². The van der Waals surface area contributed by atoms with Gasteiger partial charge < -0.3 is 9.47 Å². The predicted octanol–water partition coefficient (Wildman–Crippen LogP) is 10.6. The highest BCUT2D eigenvalue weighted by Gasteiger charge is 2.43. The summed E-state index contributed by atoms with van der Waals surface area (Å²) in [5.74, 6) is 0.658. The number of allylic oxidation sites excluding steroid dienone is 2. The van der Waals surface area contributed by atoms with E-state index >= 15 is 0 Å². The Bertz CT molecular complexity index is 2430. The Hall–Kier alpha value is -4.74. The molecule has 0 atom stereocenters. The highest BCUT2D eigenvalue weighted by Crippen LogP contribution is 2.64. The first-order valence-electron chi connectivity index (χ1n) is 16.0. The van der Waals surface area contributed by atoms with Crippen molar-refractivity contribution in [3.05, 3.63) is 115 Å². The fourth-order valence-electron chi connectivity index (χ4n) is 7.28. The summed E-state index contributed by atoms with van der Waals surface area (Å²) in [6.07, 6.45) is 3.45. The summed E-state index contributed by atoms with van der Waals surface area (Å²) in [5, 5.41) is 0. The summed E-state index contributed by atoms with van der Waals surface area (Å²) in [7, 11) is 0. The van der Waals surface area contributed by atoms with E-state index in [4.69, 9.17) is 9.47 Å². The molecule has 4 aromatic heterocycles. The minimum Gasteiger partial charge on any atom is -0.480 e. The van der Waals surface area contributed by atoms with E-state index in [0.717, 1.165) is 61.3 Å². The molecule has 244 valence electrons. The van der Waals surface area contributed by atoms with Gasteiger partial charge in [0, 0.05) is 43.1 Å². The normalized spacial score (nSPS) is 17.5. The largest absolute Gasteiger partial charge is 0.480 e. The van der Waals surface area contributed by atoms with Crippen LogP contribution in [-0.2, 0) is 11.2 Å². The van der Waals surface area contributed by atoms with Gasteiger partial charge >= 0.3 is 0 Å². The molecule has 10 rings (SSSR count). The molecule has 0 N–H and O–H groups in total. The molecule has 0 spiro atoms. The van der Waals surface area contributed by atoms with Gasteiger partial charge in [0.05, 0.1) is 40.1 Å². The zero-order chi connectivity index (χ0) is 34.4. The van der Waals surface area contributed by atoms with Crippen LogP contribution in [0.2, 0.25) is 0 Å². The van der Waals surface area contributed by atoms with Crippen molar-refractivity contribution in [1.29, 1.82) is 0 Å². The van der Waals surface area contributed by atoms with Crippen LogP contribution in [0.25, 0.3) is 41.1 Å². The van der Waals surface area contributed by atoms with Crippen molar-refractivity contribution in [2.75, 3.05) is 0 Å². The van der Waals surface area contributed by atoms with Gasteiger partial charge in [0.15, 0.2) is 34.6 Å². The van der Waals surface area contributed by atoms with Crippen LogP contribution in [0.15, 0.2) is 71.8 Å². The van der Waals surface area contributed by atoms with Gasteiger partial charge in [0.2, 0.25) is 0 Å². The van der Waals surface area contributed by atoms with Gasteiger partial charge in [-0.1, -0.05) is 48.5 Å². The van der Waals surface area contributed by atoms with Gasteiger partial charge in [-0.05, 0) is 52.0 Å². The fraction of sp³-hybridized carbons (Fsp3) is 0.150. The molecule has 6 aromatic rings. The molecule has 0 unspecified atom stereocenters. The van der Waals surface area contributed by atoms with Gasteiger partial charge in [-0.2, -0.15) is 0 Å². The van der Waals surface area contributed by atoms with Crippen LogP contribution in [0.5, 0.6) is 11.5 Å². The molecule has 6 heterocycles. The number of fused-ring (bicyclic) bond motifs is 11. The van der Waals surface area contributed by atoms with Gasteiger partial charge in [-0.3, -0.25) is 19.2 Å². The number of thiophene rings is 4. The van der Waals surface area contributed by atoms with Crippen LogP contribution in [0.1, 0.15) is 90.0 Å². The van der Waals surface area contributed by atoms with Gasteiger partial charge in [0.25, 0.3) is 0 Å². The number of Topliss-reactive ketones (excluding diaryl/α,β-unsaturated/α-hetero) is 4. The summed E-state index contributed by atoms with van der Waals surface area (Å²) in [6.45, 7) is 8.16. The monoisotopic (exact) mass is 728 g/mol. The maximum Gasteiger partial charge on any atom is 0.197 e. The van der Waals surface area contributed by atoms with E-state index in [9.17, 15) is 19.2 Å². The van der Waals surface area contributed by atoms with E-state index in [1.54, 1.807) is 106 Å². The van der Waals surface area contributed by atoms with Crippen LogP contribution in [0, 0.1) is 0 Å². The second-order valence-electron chi connectivity index (χ2n) is 13.7. The molecule has 2 aromatic carbocycles. The first-order chi connectivity index (χ1) is 23.9. The first kappa shape index (κ1) is 30.1. The van der Waals surface area contributed by atoms with Crippen molar-refractivity contribution in [2.24, 2.45) is 0 Å².